The largest absolute Gasteiger partial charge is 0.457 e. The number of carbonyl (C=O) groups excluding carboxylic acids is 1. The number of carbonyl (C=O) groups is 1. The van der Waals surface area contributed by atoms with Gasteiger partial charge >= 0.3 is 5.97 Å². The smallest absolute Gasteiger partial charge is 0.310 e. The Hall–Kier alpha value is -0.830. The second kappa shape index (κ2) is 2.90. The summed E-state index contributed by atoms with van der Waals surface area (Å²) >= 11 is 3.40. The van der Waals surface area contributed by atoms with Gasteiger partial charge in [-0.3, -0.25) is 4.79 Å². The molecule has 12 heavy (non-hydrogen) atoms. The molecule has 62 valence electrons. The average Bonchev–Trinajstić information content (AvgIpc) is 2.01. The van der Waals surface area contributed by atoms with Crippen LogP contribution in [0.25, 0.3) is 0 Å². The van der Waals surface area contributed by atoms with Crippen LogP contribution in [0.5, 0.6) is 0 Å². The summed E-state index contributed by atoms with van der Waals surface area (Å²) in [7, 11) is 0. The van der Waals surface area contributed by atoms with Gasteiger partial charge in [-0.05, 0) is 6.07 Å². The molecule has 1 atom stereocenters. The van der Waals surface area contributed by atoms with Crippen molar-refractivity contribution in [1.82, 2.24) is 0 Å². The second-order valence-corrected chi connectivity index (χ2v) is 3.56. The van der Waals surface area contributed by atoms with Gasteiger partial charge in [0, 0.05) is 10.0 Å². The van der Waals surface area contributed by atoms with Gasteiger partial charge in [-0.1, -0.05) is 34.1 Å². The zero-order chi connectivity index (χ0) is 8.55. The molecule has 2 nitrogen and oxygen atoms in total. The molecule has 3 heteroatoms. The molecule has 0 bridgehead atoms. The van der Waals surface area contributed by atoms with E-state index < -0.39 is 0 Å². The lowest BCUT2D eigenvalue weighted by molar-refractivity contribution is -0.170. The third-order valence-corrected chi connectivity index (χ3v) is 2.60. The van der Waals surface area contributed by atoms with Gasteiger partial charge in [0.1, 0.15) is 6.10 Å². The molecule has 1 aliphatic rings. The van der Waals surface area contributed by atoms with Crippen molar-refractivity contribution in [3.8, 4) is 0 Å². The Bertz CT molecular complexity index is 314. The van der Waals surface area contributed by atoms with Gasteiger partial charge in [0.05, 0.1) is 6.42 Å². The van der Waals surface area contributed by atoms with Crippen LogP contribution in [0.2, 0.25) is 0 Å². The van der Waals surface area contributed by atoms with Gasteiger partial charge in [-0.2, -0.15) is 0 Å². The molecule has 0 spiro atoms. The standard InChI is InChI=1S/C9H7BrO2/c10-7-4-2-1-3-6(7)8-5-9(11)12-8/h1-4,8H,5H2. The topological polar surface area (TPSA) is 26.3 Å². The van der Waals surface area contributed by atoms with Crippen molar-refractivity contribution in [3.63, 3.8) is 0 Å². The highest BCUT2D eigenvalue weighted by Gasteiger charge is 2.30. The van der Waals surface area contributed by atoms with Gasteiger partial charge in [-0.15, -0.1) is 0 Å². The SMILES string of the molecule is O=C1CC(c2ccccc2Br)O1. The maximum Gasteiger partial charge on any atom is 0.310 e. The predicted molar refractivity (Wildman–Crippen MR) is 47.6 cm³/mol. The molecule has 1 aromatic carbocycles. The molecule has 1 aliphatic heterocycles. The van der Waals surface area contributed by atoms with Crippen molar-refractivity contribution in [1.29, 1.82) is 0 Å². The fourth-order valence-electron chi connectivity index (χ4n) is 1.21. The van der Waals surface area contributed by atoms with Crippen LogP contribution in [0.1, 0.15) is 18.1 Å². The summed E-state index contributed by atoms with van der Waals surface area (Å²) in [5.74, 6) is -0.115. The van der Waals surface area contributed by atoms with Crippen molar-refractivity contribution < 1.29 is 9.53 Å². The third kappa shape index (κ3) is 1.25. The van der Waals surface area contributed by atoms with Crippen molar-refractivity contribution >= 4 is 21.9 Å². The first kappa shape index (κ1) is 7.80. The van der Waals surface area contributed by atoms with E-state index in [1.165, 1.54) is 0 Å². The highest BCUT2D eigenvalue weighted by atomic mass is 79.9. The highest BCUT2D eigenvalue weighted by molar-refractivity contribution is 9.10. The fourth-order valence-corrected chi connectivity index (χ4v) is 1.75. The normalized spacial score (nSPS) is 21.4. The van der Waals surface area contributed by atoms with Crippen LogP contribution in [0.3, 0.4) is 0 Å². The van der Waals surface area contributed by atoms with E-state index in [4.69, 9.17) is 4.74 Å². The van der Waals surface area contributed by atoms with Gasteiger partial charge in [0.2, 0.25) is 0 Å². The van der Waals surface area contributed by atoms with Gasteiger partial charge in [-0.25, -0.2) is 0 Å². The number of rotatable bonds is 1. The van der Waals surface area contributed by atoms with E-state index in [0.717, 1.165) is 10.0 Å². The first-order valence-electron chi connectivity index (χ1n) is 3.71. The Balaban J connectivity index is 2.23. The minimum absolute atomic E-state index is 0.0342. The molecule has 1 heterocycles. The van der Waals surface area contributed by atoms with Crippen molar-refractivity contribution in [2.75, 3.05) is 0 Å². The summed E-state index contributed by atoms with van der Waals surface area (Å²) in [6, 6.07) is 7.78. The Morgan fingerprint density at radius 2 is 2.08 bits per heavy atom. The fraction of sp³-hybridized carbons (Fsp3) is 0.222. The van der Waals surface area contributed by atoms with Gasteiger partial charge in [0.25, 0.3) is 0 Å². The lowest BCUT2D eigenvalue weighted by Crippen LogP contribution is -2.25. The third-order valence-electron chi connectivity index (χ3n) is 1.88. The number of ether oxygens (including phenoxy) is 1. The number of hydrogen-bond acceptors (Lipinski definition) is 2. The molecule has 1 aromatic rings. The van der Waals surface area contributed by atoms with E-state index >= 15 is 0 Å². The summed E-state index contributed by atoms with van der Waals surface area (Å²) in [6.45, 7) is 0. The van der Waals surface area contributed by atoms with Crippen LogP contribution >= 0.6 is 15.9 Å². The molecule has 1 saturated heterocycles. The van der Waals surface area contributed by atoms with Gasteiger partial charge < -0.3 is 4.74 Å². The average molecular weight is 227 g/mol. The van der Waals surface area contributed by atoms with E-state index in [0.29, 0.717) is 6.42 Å². The summed E-state index contributed by atoms with van der Waals surface area (Å²) in [5, 5.41) is 0. The first-order valence-corrected chi connectivity index (χ1v) is 4.50. The molecule has 1 unspecified atom stereocenters. The van der Waals surface area contributed by atoms with Crippen LogP contribution in [0, 0.1) is 0 Å². The number of cyclic esters (lactones) is 1. The Kier molecular flexibility index (Phi) is 1.89. The molecule has 0 aromatic heterocycles. The summed E-state index contributed by atoms with van der Waals surface area (Å²) in [6.07, 6.45) is 0.468. The quantitative estimate of drug-likeness (QED) is 0.688. The van der Waals surface area contributed by atoms with Gasteiger partial charge in [0.15, 0.2) is 0 Å². The van der Waals surface area contributed by atoms with Crippen molar-refractivity contribution in [2.45, 2.75) is 12.5 Å². The molecule has 0 aliphatic carbocycles. The van der Waals surface area contributed by atoms with E-state index in [-0.39, 0.29) is 12.1 Å². The minimum atomic E-state index is -0.115. The monoisotopic (exact) mass is 226 g/mol. The lowest BCUT2D eigenvalue weighted by Gasteiger charge is -2.26. The molecule has 0 saturated carbocycles. The van der Waals surface area contributed by atoms with Crippen LogP contribution in [0.4, 0.5) is 0 Å². The van der Waals surface area contributed by atoms with Crippen molar-refractivity contribution in [2.24, 2.45) is 0 Å². The minimum Gasteiger partial charge on any atom is -0.457 e. The number of halogens is 1. The Morgan fingerprint density at radius 1 is 1.42 bits per heavy atom. The maximum absolute atomic E-state index is 10.6. The van der Waals surface area contributed by atoms with Crippen LogP contribution in [-0.2, 0) is 9.53 Å². The molecule has 2 rings (SSSR count). The molecule has 1 fully saturated rings. The zero-order valence-electron chi connectivity index (χ0n) is 6.29. The van der Waals surface area contributed by atoms with Crippen LogP contribution in [0.15, 0.2) is 28.7 Å². The number of benzene rings is 1. The van der Waals surface area contributed by atoms with E-state index in [1.807, 2.05) is 24.3 Å². The maximum atomic E-state index is 10.6. The van der Waals surface area contributed by atoms with E-state index in [9.17, 15) is 4.79 Å². The lowest BCUT2D eigenvalue weighted by atomic mass is 10.0. The molecular weight excluding hydrogens is 220 g/mol. The van der Waals surface area contributed by atoms with E-state index in [2.05, 4.69) is 15.9 Å². The Labute approximate surface area is 78.7 Å². The number of hydrogen-bond donors (Lipinski definition) is 0. The number of esters is 1. The Morgan fingerprint density at radius 3 is 2.67 bits per heavy atom. The zero-order valence-corrected chi connectivity index (χ0v) is 7.87. The van der Waals surface area contributed by atoms with Crippen LogP contribution in [-0.4, -0.2) is 5.97 Å². The van der Waals surface area contributed by atoms with Crippen LogP contribution < -0.4 is 0 Å². The summed E-state index contributed by atoms with van der Waals surface area (Å²) in [5.41, 5.74) is 1.05. The summed E-state index contributed by atoms with van der Waals surface area (Å²) < 4.78 is 5.94. The van der Waals surface area contributed by atoms with Crippen molar-refractivity contribution in [3.05, 3.63) is 34.3 Å². The summed E-state index contributed by atoms with van der Waals surface area (Å²) in [4.78, 5) is 10.6. The predicted octanol–water partition coefficient (Wildman–Crippen LogP) is 2.44. The molecular formula is C9H7BrO2. The molecule has 0 radical (unpaired) electrons. The highest BCUT2D eigenvalue weighted by Crippen LogP contribution is 2.34. The second-order valence-electron chi connectivity index (χ2n) is 2.70. The first-order chi connectivity index (χ1) is 5.77. The molecule has 0 amide bonds. The molecule has 0 N–H and O–H groups in total. The van der Waals surface area contributed by atoms with E-state index in [1.54, 1.807) is 0 Å².